The summed E-state index contributed by atoms with van der Waals surface area (Å²) < 4.78 is 66.8. The van der Waals surface area contributed by atoms with Crippen LogP contribution in [-0.4, -0.2) is 6.36 Å². The van der Waals surface area contributed by atoms with Crippen molar-refractivity contribution in [1.82, 2.24) is 0 Å². The highest BCUT2D eigenvalue weighted by atomic mass is 19.4. The molecule has 6 heteroatoms. The first-order valence-corrected chi connectivity index (χ1v) is 5.17. The summed E-state index contributed by atoms with van der Waals surface area (Å²) in [4.78, 5) is 0. The number of rotatable bonds is 2. The fourth-order valence-corrected chi connectivity index (χ4v) is 1.61. The van der Waals surface area contributed by atoms with Crippen molar-refractivity contribution in [2.75, 3.05) is 0 Å². The van der Waals surface area contributed by atoms with Gasteiger partial charge in [-0.3, -0.25) is 0 Å². The van der Waals surface area contributed by atoms with Crippen LogP contribution in [0, 0.1) is 11.6 Å². The van der Waals surface area contributed by atoms with Crippen molar-refractivity contribution in [3.05, 3.63) is 54.1 Å². The zero-order chi connectivity index (χ0) is 14.0. The molecule has 0 atom stereocenters. The molecule has 2 aromatic carbocycles. The highest BCUT2D eigenvalue weighted by Crippen LogP contribution is 2.34. The van der Waals surface area contributed by atoms with E-state index < -0.39 is 23.7 Å². The van der Waals surface area contributed by atoms with Gasteiger partial charge >= 0.3 is 6.36 Å². The summed E-state index contributed by atoms with van der Waals surface area (Å²) in [5.41, 5.74) is -0.265. The summed E-state index contributed by atoms with van der Waals surface area (Å²) in [5.74, 6) is -2.31. The Morgan fingerprint density at radius 1 is 0.842 bits per heavy atom. The van der Waals surface area contributed by atoms with Crippen molar-refractivity contribution >= 4 is 0 Å². The lowest BCUT2D eigenvalue weighted by Gasteiger charge is -2.13. The molecule has 0 aliphatic rings. The van der Waals surface area contributed by atoms with E-state index in [0.717, 1.165) is 18.2 Å². The molecule has 0 spiro atoms. The summed E-state index contributed by atoms with van der Waals surface area (Å²) >= 11 is 0. The Morgan fingerprint density at radius 2 is 1.53 bits per heavy atom. The molecule has 100 valence electrons. The van der Waals surface area contributed by atoms with E-state index in [0.29, 0.717) is 6.07 Å². The predicted octanol–water partition coefficient (Wildman–Crippen LogP) is 4.53. The molecule has 2 rings (SSSR count). The standard InChI is InChI=1S/C13H7F5O/c14-8-5-6-9(11(15)7-8)10-3-1-2-4-12(10)19-13(16,17)18/h1-7H. The van der Waals surface area contributed by atoms with Gasteiger partial charge in [0.05, 0.1) is 0 Å². The second kappa shape index (κ2) is 4.87. The Kier molecular flexibility index (Phi) is 3.42. The van der Waals surface area contributed by atoms with Crippen LogP contribution in [0.3, 0.4) is 0 Å². The SMILES string of the molecule is Fc1ccc(-c2ccccc2OC(F)(F)F)c(F)c1. The van der Waals surface area contributed by atoms with Gasteiger partial charge in [-0.2, -0.15) is 0 Å². The van der Waals surface area contributed by atoms with E-state index in [9.17, 15) is 22.0 Å². The summed E-state index contributed by atoms with van der Waals surface area (Å²) in [6.45, 7) is 0. The van der Waals surface area contributed by atoms with E-state index in [-0.39, 0.29) is 11.1 Å². The van der Waals surface area contributed by atoms with E-state index in [1.165, 1.54) is 18.2 Å². The smallest absolute Gasteiger partial charge is 0.405 e. The van der Waals surface area contributed by atoms with Crippen molar-refractivity contribution < 1.29 is 26.7 Å². The van der Waals surface area contributed by atoms with Crippen LogP contribution in [0.5, 0.6) is 5.75 Å². The zero-order valence-corrected chi connectivity index (χ0v) is 9.34. The van der Waals surface area contributed by atoms with Crippen LogP contribution >= 0.6 is 0 Å². The van der Waals surface area contributed by atoms with Gasteiger partial charge < -0.3 is 4.74 Å². The van der Waals surface area contributed by atoms with Gasteiger partial charge in [-0.1, -0.05) is 18.2 Å². The van der Waals surface area contributed by atoms with Crippen LogP contribution in [0.4, 0.5) is 22.0 Å². The van der Waals surface area contributed by atoms with Gasteiger partial charge in [0.15, 0.2) is 0 Å². The van der Waals surface area contributed by atoms with Gasteiger partial charge in [-0.25, -0.2) is 8.78 Å². The maximum absolute atomic E-state index is 13.6. The minimum atomic E-state index is -4.88. The van der Waals surface area contributed by atoms with Crippen LogP contribution in [0.1, 0.15) is 0 Å². The number of para-hydroxylation sites is 1. The number of ether oxygens (including phenoxy) is 1. The van der Waals surface area contributed by atoms with Crippen molar-refractivity contribution in [3.8, 4) is 16.9 Å². The highest BCUT2D eigenvalue weighted by Gasteiger charge is 2.32. The Labute approximate surface area is 105 Å². The molecule has 0 aromatic heterocycles. The van der Waals surface area contributed by atoms with Crippen LogP contribution in [-0.2, 0) is 0 Å². The third-order valence-corrected chi connectivity index (χ3v) is 2.33. The minimum absolute atomic E-state index is 0.0997. The van der Waals surface area contributed by atoms with Crippen molar-refractivity contribution in [1.29, 1.82) is 0 Å². The summed E-state index contributed by atoms with van der Waals surface area (Å²) in [6, 6.07) is 7.70. The Bertz CT molecular complexity index is 592. The molecular weight excluding hydrogens is 267 g/mol. The van der Waals surface area contributed by atoms with E-state index in [1.54, 1.807) is 0 Å². The molecule has 0 fully saturated rings. The van der Waals surface area contributed by atoms with Gasteiger partial charge in [0.1, 0.15) is 17.4 Å². The Balaban J connectivity index is 2.50. The number of hydrogen-bond acceptors (Lipinski definition) is 1. The topological polar surface area (TPSA) is 9.23 Å². The molecule has 0 aliphatic heterocycles. The largest absolute Gasteiger partial charge is 0.573 e. The second-order valence-corrected chi connectivity index (χ2v) is 3.67. The van der Waals surface area contributed by atoms with Gasteiger partial charge in [0.25, 0.3) is 0 Å². The van der Waals surface area contributed by atoms with E-state index in [1.807, 2.05) is 0 Å². The summed E-state index contributed by atoms with van der Waals surface area (Å²) in [7, 11) is 0. The summed E-state index contributed by atoms with van der Waals surface area (Å²) in [5, 5.41) is 0. The lowest BCUT2D eigenvalue weighted by Crippen LogP contribution is -2.17. The monoisotopic (exact) mass is 274 g/mol. The quantitative estimate of drug-likeness (QED) is 0.731. The van der Waals surface area contributed by atoms with Gasteiger partial charge in [0, 0.05) is 17.2 Å². The zero-order valence-electron chi connectivity index (χ0n) is 9.34. The molecule has 0 bridgehead atoms. The van der Waals surface area contributed by atoms with Crippen LogP contribution in [0.2, 0.25) is 0 Å². The minimum Gasteiger partial charge on any atom is -0.405 e. The fraction of sp³-hybridized carbons (Fsp3) is 0.0769. The van der Waals surface area contributed by atoms with Gasteiger partial charge in [-0.15, -0.1) is 13.2 Å². The van der Waals surface area contributed by atoms with E-state index in [2.05, 4.69) is 4.74 Å². The molecule has 1 nitrogen and oxygen atoms in total. The first kappa shape index (κ1) is 13.3. The summed E-state index contributed by atoms with van der Waals surface area (Å²) in [6.07, 6.45) is -4.88. The molecule has 0 radical (unpaired) electrons. The van der Waals surface area contributed by atoms with Gasteiger partial charge in [-0.05, 0) is 18.2 Å². The molecule has 0 heterocycles. The predicted molar refractivity (Wildman–Crippen MR) is 58.5 cm³/mol. The Morgan fingerprint density at radius 3 is 2.16 bits per heavy atom. The van der Waals surface area contributed by atoms with Crippen molar-refractivity contribution in [2.45, 2.75) is 6.36 Å². The lowest BCUT2D eigenvalue weighted by molar-refractivity contribution is -0.274. The molecule has 0 N–H and O–H groups in total. The highest BCUT2D eigenvalue weighted by molar-refractivity contribution is 5.70. The van der Waals surface area contributed by atoms with Crippen molar-refractivity contribution in [2.24, 2.45) is 0 Å². The van der Waals surface area contributed by atoms with Crippen molar-refractivity contribution in [3.63, 3.8) is 0 Å². The molecule has 0 saturated carbocycles. The third kappa shape index (κ3) is 3.21. The molecule has 19 heavy (non-hydrogen) atoms. The van der Waals surface area contributed by atoms with Crippen LogP contribution < -0.4 is 4.74 Å². The number of alkyl halides is 3. The number of halogens is 5. The first-order chi connectivity index (χ1) is 8.87. The maximum atomic E-state index is 13.6. The molecule has 0 aliphatic carbocycles. The lowest BCUT2D eigenvalue weighted by atomic mass is 10.0. The number of benzene rings is 2. The van der Waals surface area contributed by atoms with E-state index >= 15 is 0 Å². The maximum Gasteiger partial charge on any atom is 0.573 e. The third-order valence-electron chi connectivity index (χ3n) is 2.33. The molecule has 0 saturated heterocycles. The van der Waals surface area contributed by atoms with Crippen LogP contribution in [0.15, 0.2) is 42.5 Å². The molecule has 0 amide bonds. The normalized spacial score (nSPS) is 11.4. The first-order valence-electron chi connectivity index (χ1n) is 5.17. The second-order valence-electron chi connectivity index (χ2n) is 3.67. The fourth-order valence-electron chi connectivity index (χ4n) is 1.61. The van der Waals surface area contributed by atoms with Gasteiger partial charge in [0.2, 0.25) is 0 Å². The molecular formula is C13H7F5O. The molecule has 2 aromatic rings. The van der Waals surface area contributed by atoms with E-state index in [4.69, 9.17) is 0 Å². The average Bonchev–Trinajstić information content (AvgIpc) is 2.28. The number of hydrogen-bond donors (Lipinski definition) is 0. The average molecular weight is 274 g/mol. The molecule has 0 unspecified atom stereocenters. The Hall–Kier alpha value is -2.11. The van der Waals surface area contributed by atoms with Crippen LogP contribution in [0.25, 0.3) is 11.1 Å².